The van der Waals surface area contributed by atoms with Crippen molar-refractivity contribution >= 4 is 5.97 Å². The summed E-state index contributed by atoms with van der Waals surface area (Å²) >= 11 is 0. The van der Waals surface area contributed by atoms with E-state index in [4.69, 9.17) is 14.2 Å². The molecule has 1 aliphatic heterocycles. The minimum absolute atomic E-state index is 0.0644. The number of carbonyl (C=O) groups excluding carboxylic acids is 1. The molecule has 3 N–H and O–H groups in total. The third-order valence-corrected chi connectivity index (χ3v) is 10.2. The van der Waals surface area contributed by atoms with Crippen molar-refractivity contribution in [2.24, 2.45) is 34.5 Å². The van der Waals surface area contributed by atoms with Crippen molar-refractivity contribution in [1.82, 2.24) is 4.98 Å². The number of nitrogens with one attached hydrogen (secondary N) is 1. The Labute approximate surface area is 212 Å². The normalized spacial score (nSPS) is 45.8. The molecule has 2 bridgehead atoms. The molecule has 9 atom stereocenters. The molecule has 2 heterocycles. The highest BCUT2D eigenvalue weighted by molar-refractivity contribution is 5.88. The molecular formula is C29H39NO6. The molecule has 3 fully saturated rings. The molecule has 6 rings (SSSR count). The SMILES string of the molecule is CC1=C[C@]23C(O)[C@@H](C=C4COC(C)(C)O[C@H]4[C@]2(O)[C@H]1OC(=O)c1cc(C)c[nH]1)[C@H]1[C@@H](C[C@H]3C)C1(C)C. The van der Waals surface area contributed by atoms with Crippen LogP contribution in [0.3, 0.4) is 0 Å². The minimum atomic E-state index is -1.70. The van der Waals surface area contributed by atoms with E-state index in [2.05, 4.69) is 31.8 Å². The number of fused-ring (bicyclic) bond motifs is 5. The van der Waals surface area contributed by atoms with Crippen LogP contribution >= 0.6 is 0 Å². The van der Waals surface area contributed by atoms with Crippen LogP contribution in [0.5, 0.6) is 0 Å². The van der Waals surface area contributed by atoms with E-state index >= 15 is 0 Å². The number of hydrogen-bond acceptors (Lipinski definition) is 6. The van der Waals surface area contributed by atoms with Crippen LogP contribution in [0.1, 0.15) is 64.0 Å². The van der Waals surface area contributed by atoms with Crippen LogP contribution in [0, 0.1) is 41.4 Å². The molecule has 5 aliphatic rings. The van der Waals surface area contributed by atoms with Crippen molar-refractivity contribution in [2.75, 3.05) is 6.61 Å². The molecule has 1 saturated heterocycles. The van der Waals surface area contributed by atoms with Gasteiger partial charge in [-0.15, -0.1) is 0 Å². The number of aromatic nitrogens is 1. The van der Waals surface area contributed by atoms with Crippen LogP contribution in [-0.2, 0) is 14.2 Å². The molecule has 0 radical (unpaired) electrons. The van der Waals surface area contributed by atoms with E-state index in [1.54, 1.807) is 12.3 Å². The van der Waals surface area contributed by atoms with Gasteiger partial charge >= 0.3 is 5.97 Å². The highest BCUT2D eigenvalue weighted by Gasteiger charge is 2.77. The predicted molar refractivity (Wildman–Crippen MR) is 133 cm³/mol. The van der Waals surface area contributed by atoms with Crippen LogP contribution in [0.2, 0.25) is 0 Å². The predicted octanol–water partition coefficient (Wildman–Crippen LogP) is 3.91. The Morgan fingerprint density at radius 1 is 1.22 bits per heavy atom. The third kappa shape index (κ3) is 2.97. The summed E-state index contributed by atoms with van der Waals surface area (Å²) < 4.78 is 18.7. The Kier molecular flexibility index (Phi) is 4.98. The third-order valence-electron chi connectivity index (χ3n) is 10.2. The second-order valence-electron chi connectivity index (χ2n) is 13.1. The lowest BCUT2D eigenvalue weighted by Gasteiger charge is -2.55. The van der Waals surface area contributed by atoms with Crippen LogP contribution in [0.25, 0.3) is 0 Å². The van der Waals surface area contributed by atoms with Gasteiger partial charge in [-0.1, -0.05) is 32.9 Å². The van der Waals surface area contributed by atoms with Crippen LogP contribution < -0.4 is 0 Å². The molecule has 1 aromatic rings. The number of aryl methyl sites for hydroxylation is 1. The summed E-state index contributed by atoms with van der Waals surface area (Å²) in [4.78, 5) is 16.2. The maximum absolute atomic E-state index is 13.3. The van der Waals surface area contributed by atoms with Crippen molar-refractivity contribution in [2.45, 2.75) is 84.6 Å². The molecule has 36 heavy (non-hydrogen) atoms. The lowest BCUT2D eigenvalue weighted by molar-refractivity contribution is -0.312. The summed E-state index contributed by atoms with van der Waals surface area (Å²) in [5.74, 6) is -0.946. The molecule has 1 aromatic heterocycles. The summed E-state index contributed by atoms with van der Waals surface area (Å²) in [6, 6.07) is 1.73. The monoisotopic (exact) mass is 497 g/mol. The highest BCUT2D eigenvalue weighted by Crippen LogP contribution is 2.73. The minimum Gasteiger partial charge on any atom is -0.450 e. The van der Waals surface area contributed by atoms with Crippen molar-refractivity contribution in [3.05, 3.63) is 46.8 Å². The van der Waals surface area contributed by atoms with E-state index in [0.717, 1.165) is 23.1 Å². The van der Waals surface area contributed by atoms with Gasteiger partial charge in [-0.25, -0.2) is 4.79 Å². The zero-order valence-corrected chi connectivity index (χ0v) is 22.3. The lowest BCUT2D eigenvalue weighted by atomic mass is 9.58. The first kappa shape index (κ1) is 24.4. The fraction of sp³-hybridized carbons (Fsp3) is 0.690. The van der Waals surface area contributed by atoms with Crippen molar-refractivity contribution < 1.29 is 29.2 Å². The number of H-pyrrole nitrogens is 1. The summed E-state index contributed by atoms with van der Waals surface area (Å²) in [5, 5.41) is 25.3. The zero-order valence-electron chi connectivity index (χ0n) is 22.3. The van der Waals surface area contributed by atoms with E-state index in [1.165, 1.54) is 0 Å². The Morgan fingerprint density at radius 2 is 1.94 bits per heavy atom. The molecule has 1 spiro atoms. The van der Waals surface area contributed by atoms with E-state index in [0.29, 0.717) is 24.1 Å². The molecule has 7 nitrogen and oxygen atoms in total. The Hall–Kier alpha value is -1.93. The maximum atomic E-state index is 13.3. The number of esters is 1. The topological polar surface area (TPSA) is 101 Å². The molecule has 196 valence electrons. The second kappa shape index (κ2) is 7.34. The van der Waals surface area contributed by atoms with Crippen LogP contribution in [-0.4, -0.2) is 57.5 Å². The molecule has 1 unspecified atom stereocenters. The zero-order chi connectivity index (χ0) is 26.0. The first-order valence-corrected chi connectivity index (χ1v) is 13.2. The van der Waals surface area contributed by atoms with Gasteiger partial charge < -0.3 is 29.4 Å². The van der Waals surface area contributed by atoms with Gasteiger partial charge in [0.1, 0.15) is 17.4 Å². The van der Waals surface area contributed by atoms with E-state index < -0.39 is 41.1 Å². The summed E-state index contributed by atoms with van der Waals surface area (Å²) in [6.45, 7) is 14.4. The first-order chi connectivity index (χ1) is 16.7. The van der Waals surface area contributed by atoms with Gasteiger partial charge in [-0.2, -0.15) is 0 Å². The number of aliphatic hydroxyl groups excluding tert-OH is 1. The molecule has 0 amide bonds. The number of ether oxygens (including phenoxy) is 3. The van der Waals surface area contributed by atoms with Crippen molar-refractivity contribution in [1.29, 1.82) is 0 Å². The van der Waals surface area contributed by atoms with Gasteiger partial charge in [0.15, 0.2) is 11.9 Å². The standard InChI is InChI=1S/C29H39NO6/c1-14-8-20(30-12-14)25(32)35-23-15(2)11-28-16(3)9-19-21(26(19,4)5)18(22(28)31)10-17-13-34-27(6,7)36-24(17)29(23,28)33/h8,10-12,16,18-19,21-24,30-31,33H,9,13H2,1-7H3/t16-,18+,19-,21+,22?,23+,24-,28+,29-/m1/s1. The number of hydrogen-bond donors (Lipinski definition) is 3. The van der Waals surface area contributed by atoms with Crippen molar-refractivity contribution in [3.8, 4) is 0 Å². The average Bonchev–Trinajstić information content (AvgIpc) is 3.06. The average molecular weight is 498 g/mol. The maximum Gasteiger partial charge on any atom is 0.355 e. The number of aliphatic hydroxyl groups is 2. The molecule has 7 heteroatoms. The van der Waals surface area contributed by atoms with E-state index in [1.807, 2.05) is 33.8 Å². The van der Waals surface area contributed by atoms with Gasteiger partial charge in [0.2, 0.25) is 0 Å². The van der Waals surface area contributed by atoms with Crippen LogP contribution in [0.4, 0.5) is 0 Å². The Morgan fingerprint density at radius 3 is 2.61 bits per heavy atom. The number of carbonyl (C=O) groups is 1. The first-order valence-electron chi connectivity index (χ1n) is 13.2. The highest BCUT2D eigenvalue weighted by atomic mass is 16.7. The fourth-order valence-electron chi connectivity index (χ4n) is 8.40. The lowest BCUT2D eigenvalue weighted by Crippen LogP contribution is -2.69. The van der Waals surface area contributed by atoms with E-state index in [9.17, 15) is 15.0 Å². The number of rotatable bonds is 2. The fourth-order valence-corrected chi connectivity index (χ4v) is 8.40. The van der Waals surface area contributed by atoms with E-state index in [-0.39, 0.29) is 17.3 Å². The van der Waals surface area contributed by atoms with Gasteiger partial charge in [-0.3, -0.25) is 0 Å². The Bertz CT molecular complexity index is 1180. The van der Waals surface area contributed by atoms with Crippen molar-refractivity contribution in [3.63, 3.8) is 0 Å². The van der Waals surface area contributed by atoms with Gasteiger partial charge in [0, 0.05) is 12.1 Å². The largest absolute Gasteiger partial charge is 0.450 e. The van der Waals surface area contributed by atoms with Gasteiger partial charge in [0.05, 0.1) is 18.1 Å². The van der Waals surface area contributed by atoms with Gasteiger partial charge in [-0.05, 0) is 80.1 Å². The summed E-state index contributed by atoms with van der Waals surface area (Å²) in [7, 11) is 0. The summed E-state index contributed by atoms with van der Waals surface area (Å²) in [6.07, 6.45) is 4.12. The summed E-state index contributed by atoms with van der Waals surface area (Å²) in [5.41, 5.74) is 0.177. The second-order valence-corrected chi connectivity index (χ2v) is 13.1. The molecule has 2 saturated carbocycles. The van der Waals surface area contributed by atoms with Gasteiger partial charge in [0.25, 0.3) is 0 Å². The van der Waals surface area contributed by atoms with Crippen LogP contribution in [0.15, 0.2) is 35.6 Å². The molecule has 0 aromatic carbocycles. The quantitative estimate of drug-likeness (QED) is 0.423. The molecular weight excluding hydrogens is 458 g/mol. The molecule has 4 aliphatic carbocycles. The smallest absolute Gasteiger partial charge is 0.355 e. The Balaban J connectivity index is 1.52. The number of aromatic amines is 1.